The van der Waals surface area contributed by atoms with Crippen LogP contribution in [0.3, 0.4) is 0 Å². The van der Waals surface area contributed by atoms with E-state index in [2.05, 4.69) is 20.9 Å². The second-order valence-corrected chi connectivity index (χ2v) is 6.12. The maximum Gasteiger partial charge on any atom is 0.391 e. The smallest absolute Gasteiger partial charge is 0.299 e. The number of halogens is 4. The molecule has 2 nitrogen and oxygen atoms in total. The van der Waals surface area contributed by atoms with Crippen LogP contribution in [-0.2, 0) is 11.2 Å². The Balaban J connectivity index is 1.87. The molecule has 0 spiro atoms. The molecule has 0 amide bonds. The Morgan fingerprint density at radius 3 is 2.40 bits per heavy atom. The summed E-state index contributed by atoms with van der Waals surface area (Å²) in [6, 6.07) is 3.56. The lowest BCUT2D eigenvalue weighted by Gasteiger charge is -2.29. The first-order chi connectivity index (χ1) is 9.36. The SMILES string of the molecule is O=C(Cc1ccc(Br)cn1)C1CCC(C(F)(F)F)CC1. The van der Waals surface area contributed by atoms with E-state index >= 15 is 0 Å². The predicted octanol–water partition coefficient (Wildman–Crippen LogP) is 4.32. The molecule has 1 aliphatic rings. The fourth-order valence-corrected chi connectivity index (χ4v) is 2.81. The van der Waals surface area contributed by atoms with Gasteiger partial charge in [0.15, 0.2) is 0 Å². The summed E-state index contributed by atoms with van der Waals surface area (Å²) in [5, 5.41) is 0. The molecule has 0 saturated heterocycles. The number of carbonyl (C=O) groups is 1. The molecule has 0 bridgehead atoms. The lowest BCUT2D eigenvalue weighted by Crippen LogP contribution is -2.30. The van der Waals surface area contributed by atoms with Gasteiger partial charge in [0.2, 0.25) is 0 Å². The molecule has 0 N–H and O–H groups in total. The zero-order valence-electron chi connectivity index (χ0n) is 10.8. The maximum atomic E-state index is 12.6. The standard InChI is InChI=1S/C14H15BrF3NO/c15-11-5-6-12(19-8-11)7-13(20)9-1-3-10(4-2-9)14(16,17)18/h5-6,8-10H,1-4,7H2. The summed E-state index contributed by atoms with van der Waals surface area (Å²) in [7, 11) is 0. The number of rotatable bonds is 3. The minimum atomic E-state index is -4.12. The molecule has 1 aromatic rings. The van der Waals surface area contributed by atoms with Crippen LogP contribution in [-0.4, -0.2) is 16.9 Å². The molecule has 110 valence electrons. The molecule has 0 aliphatic heterocycles. The number of ketones is 1. The van der Waals surface area contributed by atoms with Crippen molar-refractivity contribution in [3.8, 4) is 0 Å². The number of aromatic nitrogens is 1. The van der Waals surface area contributed by atoms with Gasteiger partial charge < -0.3 is 0 Å². The monoisotopic (exact) mass is 349 g/mol. The number of alkyl halides is 3. The molecule has 1 heterocycles. The van der Waals surface area contributed by atoms with Crippen LogP contribution in [0.4, 0.5) is 13.2 Å². The van der Waals surface area contributed by atoms with Crippen molar-refractivity contribution in [2.75, 3.05) is 0 Å². The summed E-state index contributed by atoms with van der Waals surface area (Å²) in [5.41, 5.74) is 0.663. The van der Waals surface area contributed by atoms with Gasteiger partial charge in [0, 0.05) is 28.7 Å². The van der Waals surface area contributed by atoms with Gasteiger partial charge in [-0.1, -0.05) is 0 Å². The Morgan fingerprint density at radius 1 is 1.25 bits per heavy atom. The first-order valence-electron chi connectivity index (χ1n) is 6.56. The van der Waals surface area contributed by atoms with E-state index in [1.807, 2.05) is 0 Å². The Morgan fingerprint density at radius 2 is 1.90 bits per heavy atom. The van der Waals surface area contributed by atoms with Crippen LogP contribution in [0.2, 0.25) is 0 Å². The molecule has 1 fully saturated rings. The van der Waals surface area contributed by atoms with Crippen LogP contribution < -0.4 is 0 Å². The quantitative estimate of drug-likeness (QED) is 0.813. The number of pyridine rings is 1. The second-order valence-electron chi connectivity index (χ2n) is 5.20. The summed E-state index contributed by atoms with van der Waals surface area (Å²) in [4.78, 5) is 16.2. The average molecular weight is 350 g/mol. The molecule has 1 aliphatic carbocycles. The first kappa shape index (κ1) is 15.5. The van der Waals surface area contributed by atoms with Crippen molar-refractivity contribution < 1.29 is 18.0 Å². The van der Waals surface area contributed by atoms with Crippen molar-refractivity contribution in [3.05, 3.63) is 28.5 Å². The zero-order chi connectivity index (χ0) is 14.8. The molecule has 1 aromatic heterocycles. The van der Waals surface area contributed by atoms with Crippen LogP contribution >= 0.6 is 15.9 Å². The molecule has 0 unspecified atom stereocenters. The van der Waals surface area contributed by atoms with Gasteiger partial charge in [-0.3, -0.25) is 9.78 Å². The fourth-order valence-electron chi connectivity index (χ4n) is 2.58. The van der Waals surface area contributed by atoms with Crippen molar-refractivity contribution in [1.29, 1.82) is 0 Å². The van der Waals surface area contributed by atoms with Gasteiger partial charge in [-0.15, -0.1) is 0 Å². The van der Waals surface area contributed by atoms with Crippen LogP contribution in [0, 0.1) is 11.8 Å². The highest BCUT2D eigenvalue weighted by Gasteiger charge is 2.42. The fraction of sp³-hybridized carbons (Fsp3) is 0.571. The Labute approximate surface area is 123 Å². The lowest BCUT2D eigenvalue weighted by atomic mass is 9.79. The topological polar surface area (TPSA) is 30.0 Å². The summed E-state index contributed by atoms with van der Waals surface area (Å²) >= 11 is 3.26. The molecule has 1 saturated carbocycles. The highest BCUT2D eigenvalue weighted by molar-refractivity contribution is 9.10. The third-order valence-electron chi connectivity index (χ3n) is 3.79. The van der Waals surface area contributed by atoms with E-state index in [0.717, 1.165) is 4.47 Å². The Kier molecular flexibility index (Phi) is 4.83. The van der Waals surface area contributed by atoms with Crippen molar-refractivity contribution in [3.63, 3.8) is 0 Å². The van der Waals surface area contributed by atoms with E-state index in [-0.39, 0.29) is 31.0 Å². The number of hydrogen-bond donors (Lipinski definition) is 0. The Bertz CT molecular complexity index is 464. The molecular weight excluding hydrogens is 335 g/mol. The average Bonchev–Trinajstić information content (AvgIpc) is 2.40. The van der Waals surface area contributed by atoms with Gasteiger partial charge in [-0.2, -0.15) is 13.2 Å². The van der Waals surface area contributed by atoms with Gasteiger partial charge in [0.1, 0.15) is 5.78 Å². The van der Waals surface area contributed by atoms with E-state index in [1.54, 1.807) is 18.3 Å². The molecule has 0 aromatic carbocycles. The highest BCUT2D eigenvalue weighted by atomic mass is 79.9. The summed E-state index contributed by atoms with van der Waals surface area (Å²) < 4.78 is 38.5. The van der Waals surface area contributed by atoms with Gasteiger partial charge in [-0.25, -0.2) is 0 Å². The number of Topliss-reactive ketones (excluding diaryl/α,β-unsaturated/α-hetero) is 1. The normalized spacial score (nSPS) is 23.6. The minimum Gasteiger partial charge on any atom is -0.299 e. The van der Waals surface area contributed by atoms with Crippen LogP contribution in [0.5, 0.6) is 0 Å². The van der Waals surface area contributed by atoms with Gasteiger partial charge in [0.05, 0.1) is 5.92 Å². The number of hydrogen-bond acceptors (Lipinski definition) is 2. The van der Waals surface area contributed by atoms with Crippen LogP contribution in [0.25, 0.3) is 0 Å². The van der Waals surface area contributed by atoms with E-state index in [0.29, 0.717) is 18.5 Å². The Hall–Kier alpha value is -0.910. The van der Waals surface area contributed by atoms with Gasteiger partial charge in [-0.05, 0) is 53.7 Å². The van der Waals surface area contributed by atoms with E-state index in [9.17, 15) is 18.0 Å². The molecule has 20 heavy (non-hydrogen) atoms. The van der Waals surface area contributed by atoms with Gasteiger partial charge >= 0.3 is 6.18 Å². The minimum absolute atomic E-state index is 0.000414. The van der Waals surface area contributed by atoms with Crippen molar-refractivity contribution >= 4 is 21.7 Å². The maximum absolute atomic E-state index is 12.6. The molecular formula is C14H15BrF3NO. The molecule has 0 atom stereocenters. The molecule has 0 radical (unpaired) electrons. The predicted molar refractivity (Wildman–Crippen MR) is 72.2 cm³/mol. The van der Waals surface area contributed by atoms with Crippen molar-refractivity contribution in [1.82, 2.24) is 4.98 Å². The van der Waals surface area contributed by atoms with Crippen LogP contribution in [0.1, 0.15) is 31.4 Å². The highest BCUT2D eigenvalue weighted by Crippen LogP contribution is 2.39. The first-order valence-corrected chi connectivity index (χ1v) is 7.35. The lowest BCUT2D eigenvalue weighted by molar-refractivity contribution is -0.184. The zero-order valence-corrected chi connectivity index (χ0v) is 12.4. The third kappa shape index (κ3) is 4.04. The number of carbonyl (C=O) groups excluding carboxylic acids is 1. The third-order valence-corrected chi connectivity index (χ3v) is 4.26. The number of nitrogens with zero attached hydrogens (tertiary/aromatic N) is 1. The van der Waals surface area contributed by atoms with Crippen molar-refractivity contribution in [2.24, 2.45) is 11.8 Å². The molecule has 6 heteroatoms. The second kappa shape index (κ2) is 6.24. The van der Waals surface area contributed by atoms with Crippen molar-refractivity contribution in [2.45, 2.75) is 38.3 Å². The summed E-state index contributed by atoms with van der Waals surface area (Å²) in [5.74, 6) is -1.49. The largest absolute Gasteiger partial charge is 0.391 e. The van der Waals surface area contributed by atoms with E-state index in [4.69, 9.17) is 0 Å². The van der Waals surface area contributed by atoms with Crippen LogP contribution in [0.15, 0.2) is 22.8 Å². The molecule has 2 rings (SSSR count). The summed E-state index contributed by atoms with van der Waals surface area (Å²) in [6.07, 6.45) is -1.51. The van der Waals surface area contributed by atoms with E-state index < -0.39 is 12.1 Å². The summed E-state index contributed by atoms with van der Waals surface area (Å²) in [6.45, 7) is 0. The van der Waals surface area contributed by atoms with Gasteiger partial charge in [0.25, 0.3) is 0 Å². The van der Waals surface area contributed by atoms with E-state index in [1.165, 1.54) is 0 Å².